The van der Waals surface area contributed by atoms with E-state index in [-0.39, 0.29) is 48.1 Å². The summed E-state index contributed by atoms with van der Waals surface area (Å²) in [5.41, 5.74) is -4.62. The molecule has 0 spiro atoms. The predicted octanol–water partition coefficient (Wildman–Crippen LogP) is 5.06. The van der Waals surface area contributed by atoms with Gasteiger partial charge in [0.2, 0.25) is 33.3 Å². The third kappa shape index (κ3) is 8.79. The fourth-order valence-corrected chi connectivity index (χ4v) is 9.12. The Bertz CT molecular complexity index is 2180. The first-order valence-corrected chi connectivity index (χ1v) is 21.2. The number of sulfonamides is 1. The summed E-state index contributed by atoms with van der Waals surface area (Å²) in [5, 5.41) is 5.62. The average molecular weight is 870 g/mol. The molecule has 1 aromatic heterocycles. The Morgan fingerprint density at radius 3 is 2.35 bits per heavy atom. The number of nitrogens with one attached hydrogen (secondary N) is 3. The third-order valence-corrected chi connectivity index (χ3v) is 14.3. The molecule has 3 N–H and O–H groups in total. The van der Waals surface area contributed by atoms with Gasteiger partial charge in [-0.2, -0.15) is 13.2 Å². The number of rotatable bonds is 9. The van der Waals surface area contributed by atoms with Crippen molar-refractivity contribution in [2.24, 2.45) is 17.8 Å². The first-order valence-electron chi connectivity index (χ1n) is 19.7. The molecule has 2 aromatic rings. The van der Waals surface area contributed by atoms with Crippen molar-refractivity contribution in [3.63, 3.8) is 0 Å². The number of ether oxygens (including phenoxy) is 4. The molecular formula is C40H51F4N5O10S. The molecule has 2 saturated carbocycles. The van der Waals surface area contributed by atoms with E-state index < -0.39 is 91.7 Å². The first-order chi connectivity index (χ1) is 28.0. The van der Waals surface area contributed by atoms with Crippen molar-refractivity contribution in [3.05, 3.63) is 36.3 Å². The van der Waals surface area contributed by atoms with Crippen LogP contribution in [0, 0.1) is 23.6 Å². The summed E-state index contributed by atoms with van der Waals surface area (Å²) in [6, 6.07) is -0.407. The lowest BCUT2D eigenvalue weighted by atomic mass is 9.88. The van der Waals surface area contributed by atoms with E-state index in [0.717, 1.165) is 11.0 Å². The van der Waals surface area contributed by atoms with Crippen LogP contribution in [-0.4, -0.2) is 103 Å². The third-order valence-electron chi connectivity index (χ3n) is 12.1. The fraction of sp³-hybridized carbons (Fsp3) is 0.625. The van der Waals surface area contributed by atoms with Crippen molar-refractivity contribution in [1.82, 2.24) is 25.2 Å². The standard InChI is InChI=1S/C40H51F4N5O10S/c1-21-10-8-9-11-23-18-39(23,35(52)48-60(54,55)38(5)12-13-38)47-32(50)28-15-24(58-33-26-16-27(41)29(56-6)17-25(26)30(57-7)19-45-33)20-49(28)34(51)31(22(2)14-21)46-36(53)59-37(3,4)40(42,43)44/h9,11,16-17,19,21-24,28,31H,8,10,12-15,18,20H2,1-7H3,(H,46,53)(H,47,50)(H,48,52)/b11-9+/t21-,22-,23-,24-,28+,31+,39-/m1/s1. The predicted molar refractivity (Wildman–Crippen MR) is 208 cm³/mol. The van der Waals surface area contributed by atoms with E-state index in [1.165, 1.54) is 33.4 Å². The van der Waals surface area contributed by atoms with E-state index in [9.17, 15) is 40.8 Å². The first kappa shape index (κ1) is 44.7. The lowest BCUT2D eigenvalue weighted by Crippen LogP contribution is -2.59. The number of amides is 4. The van der Waals surface area contributed by atoms with E-state index in [0.29, 0.717) is 51.3 Å². The summed E-state index contributed by atoms with van der Waals surface area (Å²) < 4.78 is 105. The number of hydrogen-bond acceptors (Lipinski definition) is 11. The summed E-state index contributed by atoms with van der Waals surface area (Å²) in [5.74, 6) is -4.68. The number of hydrogen-bond donors (Lipinski definition) is 3. The van der Waals surface area contributed by atoms with Crippen LogP contribution in [-0.2, 0) is 29.1 Å². The topological polar surface area (TPSA) is 192 Å². The number of carbonyl (C=O) groups is 4. The normalized spacial score (nSPS) is 28.8. The summed E-state index contributed by atoms with van der Waals surface area (Å²) >= 11 is 0. The van der Waals surface area contributed by atoms with Crippen LogP contribution in [0.2, 0.25) is 0 Å². The van der Waals surface area contributed by atoms with Crippen molar-refractivity contribution < 1.29 is 64.1 Å². The maximum Gasteiger partial charge on any atom is 0.427 e. The van der Waals surface area contributed by atoms with Gasteiger partial charge in [0, 0.05) is 17.7 Å². The molecule has 2 aliphatic carbocycles. The van der Waals surface area contributed by atoms with Gasteiger partial charge in [0.05, 0.1) is 37.1 Å². The zero-order valence-corrected chi connectivity index (χ0v) is 35.2. The van der Waals surface area contributed by atoms with Crippen molar-refractivity contribution in [2.75, 3.05) is 20.8 Å². The van der Waals surface area contributed by atoms with E-state index >= 15 is 4.39 Å². The Balaban J connectivity index is 1.38. The molecule has 0 radical (unpaired) electrons. The summed E-state index contributed by atoms with van der Waals surface area (Å²) in [6.07, 6.45) is -0.638. The van der Waals surface area contributed by atoms with Gasteiger partial charge in [0.15, 0.2) is 11.6 Å². The Morgan fingerprint density at radius 2 is 1.72 bits per heavy atom. The molecule has 1 saturated heterocycles. The number of pyridine rings is 1. The van der Waals surface area contributed by atoms with Gasteiger partial charge >= 0.3 is 12.3 Å². The smallest absolute Gasteiger partial charge is 0.427 e. The lowest BCUT2D eigenvalue weighted by molar-refractivity contribution is -0.244. The Hall–Kier alpha value is -4.88. The molecule has 330 valence electrons. The lowest BCUT2D eigenvalue weighted by Gasteiger charge is -2.34. The van der Waals surface area contributed by atoms with Crippen molar-refractivity contribution in [3.8, 4) is 17.4 Å². The zero-order chi connectivity index (χ0) is 44.2. The molecular weight excluding hydrogens is 819 g/mol. The highest BCUT2D eigenvalue weighted by Crippen LogP contribution is 2.48. The molecule has 20 heteroatoms. The van der Waals surface area contributed by atoms with Crippen LogP contribution in [0.3, 0.4) is 0 Å². The Kier molecular flexibility index (Phi) is 12.1. The van der Waals surface area contributed by atoms with Crippen LogP contribution < -0.4 is 29.6 Å². The number of fused-ring (bicyclic) bond motifs is 3. The second-order valence-corrected chi connectivity index (χ2v) is 19.3. The SMILES string of the molecule is COc1cc2c(OC)cnc(O[C@@H]3C[C@H]4C(=O)N[C@]5(C(=O)NS(=O)(=O)C6(C)CC6)C[C@H]5/C=C/CC[C@@H](C)C[C@@H](C)[C@H](NC(=O)OC(C)(C)C(F)(F)F)C(=O)N4C3)c2cc1F. The number of aromatic nitrogens is 1. The number of alkyl halides is 3. The van der Waals surface area contributed by atoms with E-state index in [2.05, 4.69) is 20.3 Å². The molecule has 3 heterocycles. The zero-order valence-electron chi connectivity index (χ0n) is 34.4. The highest BCUT2D eigenvalue weighted by atomic mass is 32.2. The fourth-order valence-electron chi connectivity index (χ4n) is 7.80. The van der Waals surface area contributed by atoms with Crippen LogP contribution in [0.15, 0.2) is 30.5 Å². The largest absolute Gasteiger partial charge is 0.494 e. The number of benzene rings is 1. The molecule has 0 bridgehead atoms. The van der Waals surface area contributed by atoms with E-state index in [1.807, 2.05) is 13.0 Å². The quantitative estimate of drug-likeness (QED) is 0.226. The maximum atomic E-state index is 15.1. The van der Waals surface area contributed by atoms with Gasteiger partial charge in [-0.1, -0.05) is 26.0 Å². The molecule has 4 aliphatic rings. The maximum absolute atomic E-state index is 15.1. The number of alkyl carbamates (subject to hydrolysis) is 1. The van der Waals surface area contributed by atoms with Crippen LogP contribution in [0.5, 0.6) is 17.4 Å². The van der Waals surface area contributed by atoms with Crippen molar-refractivity contribution in [1.29, 1.82) is 0 Å². The second-order valence-electron chi connectivity index (χ2n) is 17.1. The minimum absolute atomic E-state index is 0.0578. The van der Waals surface area contributed by atoms with Crippen LogP contribution in [0.1, 0.15) is 79.6 Å². The van der Waals surface area contributed by atoms with Gasteiger partial charge in [-0.25, -0.2) is 22.6 Å². The number of allylic oxidation sites excluding steroid dienone is 1. The molecule has 60 heavy (non-hydrogen) atoms. The Morgan fingerprint density at radius 1 is 1.03 bits per heavy atom. The van der Waals surface area contributed by atoms with Crippen molar-refractivity contribution >= 4 is 44.6 Å². The minimum atomic E-state index is -4.95. The van der Waals surface area contributed by atoms with Gasteiger partial charge in [-0.05, 0) is 83.3 Å². The number of carbonyl (C=O) groups excluding carboxylic acids is 4. The second kappa shape index (κ2) is 16.2. The number of methoxy groups -OCH3 is 2. The highest BCUT2D eigenvalue weighted by Gasteiger charge is 2.63. The minimum Gasteiger partial charge on any atom is -0.494 e. The number of halogens is 4. The molecule has 4 amide bonds. The monoisotopic (exact) mass is 869 g/mol. The molecule has 0 unspecified atom stereocenters. The highest BCUT2D eigenvalue weighted by molar-refractivity contribution is 7.91. The van der Waals surface area contributed by atoms with Gasteiger partial charge in [-0.15, -0.1) is 0 Å². The molecule has 2 aliphatic heterocycles. The van der Waals surface area contributed by atoms with Crippen LogP contribution in [0.4, 0.5) is 22.4 Å². The van der Waals surface area contributed by atoms with Gasteiger partial charge < -0.3 is 34.5 Å². The van der Waals surface area contributed by atoms with E-state index in [1.54, 1.807) is 13.0 Å². The van der Waals surface area contributed by atoms with Crippen LogP contribution in [0.25, 0.3) is 10.8 Å². The average Bonchev–Trinajstić information content (AvgIpc) is 4.04. The summed E-state index contributed by atoms with van der Waals surface area (Å²) in [7, 11) is -1.44. The summed E-state index contributed by atoms with van der Waals surface area (Å²) in [4.78, 5) is 61.8. The van der Waals surface area contributed by atoms with Crippen molar-refractivity contribution in [2.45, 2.75) is 120 Å². The van der Waals surface area contributed by atoms with Gasteiger partial charge in [-0.3, -0.25) is 19.1 Å². The number of nitrogens with zero attached hydrogens (tertiary/aromatic N) is 2. The van der Waals surface area contributed by atoms with Crippen LogP contribution >= 0.6 is 0 Å². The molecule has 1 aromatic carbocycles. The summed E-state index contributed by atoms with van der Waals surface area (Å²) in [6.45, 7) is 6.07. The van der Waals surface area contributed by atoms with Gasteiger partial charge in [0.1, 0.15) is 29.5 Å². The van der Waals surface area contributed by atoms with Gasteiger partial charge in [0.25, 0.3) is 5.91 Å². The molecule has 6 rings (SSSR count). The Labute approximate surface area is 345 Å². The molecule has 3 fully saturated rings. The molecule has 7 atom stereocenters. The molecule has 15 nitrogen and oxygen atoms in total. The van der Waals surface area contributed by atoms with E-state index in [4.69, 9.17) is 18.9 Å².